The van der Waals surface area contributed by atoms with E-state index in [0.717, 1.165) is 11.1 Å². The Balaban J connectivity index is 2.49. The highest BCUT2D eigenvalue weighted by Crippen LogP contribution is 2.21. The number of amides is 7. The van der Waals surface area contributed by atoms with Crippen LogP contribution < -0.4 is 37.6 Å². The predicted molar refractivity (Wildman–Crippen MR) is 241 cm³/mol. The number of rotatable bonds is 27. The minimum atomic E-state index is -1.43. The van der Waals surface area contributed by atoms with Crippen molar-refractivity contribution in [3.63, 3.8) is 0 Å². The number of nitrogens with one attached hydrogen (secondary N) is 6. The smallest absolute Gasteiger partial charge is 0.287 e. The molecule has 0 bridgehead atoms. The molecule has 0 aromatic heterocycles. The standard InChI is InChI=1S/C46H70N8O10/c1-10-11-21-32(38(57)40(47)58)49-41(59)33(22-28(2)3)51-45(63)39(46(5,6)7)53-42(60)34(23-31-20-16-15-17-29(31)4)50-44(62)36(27-64-26-30-18-13-12-14-19-30)52-43(61)35(25-55)48-37(56)24-54(8)9/h12-20,28,32-36,39,55H,10-11,21-27H2,1-9H3,(H2,47,58)(H,48,56)(H,49,59)(H,50,62)(H,51,63)(H,52,61)(H,53,60)/t32?,33-,34-,35-,36+,39+/m0/s1. The first-order chi connectivity index (χ1) is 30.1. The molecule has 18 nitrogen and oxygen atoms in total. The molecule has 0 aliphatic heterocycles. The summed E-state index contributed by atoms with van der Waals surface area (Å²) in [6.07, 6.45) is 1.48. The zero-order chi connectivity index (χ0) is 48.1. The Hall–Kier alpha value is -5.72. The molecule has 0 saturated heterocycles. The fourth-order valence-electron chi connectivity index (χ4n) is 6.58. The Morgan fingerprint density at radius 1 is 0.719 bits per heavy atom. The molecule has 0 aliphatic rings. The summed E-state index contributed by atoms with van der Waals surface area (Å²) in [5.74, 6) is -6.70. The van der Waals surface area contributed by atoms with Crippen LogP contribution >= 0.6 is 0 Å². The van der Waals surface area contributed by atoms with Crippen molar-refractivity contribution in [1.29, 1.82) is 0 Å². The number of carbonyl (C=O) groups is 8. The van der Waals surface area contributed by atoms with Crippen LogP contribution in [0.5, 0.6) is 0 Å². The minimum absolute atomic E-state index is 0.0421. The van der Waals surface area contributed by atoms with E-state index in [9.17, 15) is 43.5 Å². The lowest BCUT2D eigenvalue weighted by Gasteiger charge is -2.34. The molecule has 18 heteroatoms. The molecule has 0 spiro atoms. The highest BCUT2D eigenvalue weighted by Gasteiger charge is 2.38. The van der Waals surface area contributed by atoms with Crippen LogP contribution in [-0.2, 0) is 56.1 Å². The molecule has 0 heterocycles. The Labute approximate surface area is 376 Å². The zero-order valence-electron chi connectivity index (χ0n) is 38.7. The molecule has 1 unspecified atom stereocenters. The summed E-state index contributed by atoms with van der Waals surface area (Å²) in [7, 11) is 3.31. The van der Waals surface area contributed by atoms with Crippen LogP contribution in [0, 0.1) is 18.3 Å². The van der Waals surface area contributed by atoms with Crippen LogP contribution in [-0.4, -0.2) is 127 Å². The van der Waals surface area contributed by atoms with Gasteiger partial charge in [0.1, 0.15) is 30.2 Å². The zero-order valence-corrected chi connectivity index (χ0v) is 38.7. The summed E-state index contributed by atoms with van der Waals surface area (Å²) >= 11 is 0. The highest BCUT2D eigenvalue weighted by molar-refractivity contribution is 6.37. The van der Waals surface area contributed by atoms with Crippen LogP contribution in [0.2, 0.25) is 0 Å². The lowest BCUT2D eigenvalue weighted by molar-refractivity contribution is -0.139. The highest BCUT2D eigenvalue weighted by atomic mass is 16.5. The number of benzene rings is 2. The van der Waals surface area contributed by atoms with Gasteiger partial charge in [0.2, 0.25) is 41.2 Å². The lowest BCUT2D eigenvalue weighted by atomic mass is 9.85. The van der Waals surface area contributed by atoms with Crippen molar-refractivity contribution in [2.45, 2.75) is 123 Å². The van der Waals surface area contributed by atoms with Gasteiger partial charge < -0.3 is 52.4 Å². The maximum absolute atomic E-state index is 14.5. The van der Waals surface area contributed by atoms with Crippen molar-refractivity contribution in [2.75, 3.05) is 33.9 Å². The van der Waals surface area contributed by atoms with Crippen molar-refractivity contribution in [2.24, 2.45) is 17.1 Å². The third-order valence-electron chi connectivity index (χ3n) is 10.1. The normalized spacial score (nSPS) is 14.2. The van der Waals surface area contributed by atoms with Gasteiger partial charge in [0.05, 0.1) is 32.4 Å². The summed E-state index contributed by atoms with van der Waals surface area (Å²) in [6, 6.07) is 8.48. The maximum Gasteiger partial charge on any atom is 0.287 e. The molecule has 7 amide bonds. The average Bonchev–Trinajstić information content (AvgIpc) is 3.22. The van der Waals surface area contributed by atoms with Crippen molar-refractivity contribution < 1.29 is 48.2 Å². The van der Waals surface area contributed by atoms with Gasteiger partial charge in [-0.2, -0.15) is 0 Å². The van der Waals surface area contributed by atoms with Gasteiger partial charge in [-0.05, 0) is 61.9 Å². The third-order valence-corrected chi connectivity index (χ3v) is 10.1. The second-order valence-electron chi connectivity index (χ2n) is 17.7. The van der Waals surface area contributed by atoms with E-state index >= 15 is 0 Å². The lowest BCUT2D eigenvalue weighted by Crippen LogP contribution is -2.63. The summed E-state index contributed by atoms with van der Waals surface area (Å²) in [6.45, 7) is 11.4. The molecule has 2 rings (SSSR count). The van der Waals surface area contributed by atoms with E-state index in [2.05, 4.69) is 31.9 Å². The van der Waals surface area contributed by atoms with Crippen molar-refractivity contribution >= 4 is 47.1 Å². The number of likely N-dealkylation sites (N-methyl/N-ethyl adjacent to an activating group) is 1. The molecule has 6 atom stereocenters. The van der Waals surface area contributed by atoms with Gasteiger partial charge in [-0.1, -0.05) is 109 Å². The van der Waals surface area contributed by atoms with E-state index < -0.39 is 95.4 Å². The molecule has 0 fully saturated rings. The number of primary amides is 1. The summed E-state index contributed by atoms with van der Waals surface area (Å²) in [5.41, 5.74) is 6.60. The van der Waals surface area contributed by atoms with E-state index in [4.69, 9.17) is 10.5 Å². The predicted octanol–water partition coefficient (Wildman–Crippen LogP) is 0.554. The minimum Gasteiger partial charge on any atom is -0.394 e. The summed E-state index contributed by atoms with van der Waals surface area (Å²) < 4.78 is 5.86. The quantitative estimate of drug-likeness (QED) is 0.0575. The molecule has 0 radical (unpaired) electrons. The van der Waals surface area contributed by atoms with Crippen molar-refractivity contribution in [3.8, 4) is 0 Å². The van der Waals surface area contributed by atoms with Crippen LogP contribution in [0.15, 0.2) is 54.6 Å². The topological polar surface area (TPSA) is 267 Å². The second kappa shape index (κ2) is 26.8. The first kappa shape index (κ1) is 54.4. The van der Waals surface area contributed by atoms with Crippen LogP contribution in [0.25, 0.3) is 0 Å². The molecule has 354 valence electrons. The number of aliphatic hydroxyl groups excluding tert-OH is 1. The van der Waals surface area contributed by atoms with Gasteiger partial charge in [0.15, 0.2) is 0 Å². The first-order valence-corrected chi connectivity index (χ1v) is 21.6. The summed E-state index contributed by atoms with van der Waals surface area (Å²) in [4.78, 5) is 109. The largest absolute Gasteiger partial charge is 0.394 e. The molecule has 2 aromatic rings. The molecule has 64 heavy (non-hydrogen) atoms. The maximum atomic E-state index is 14.5. The average molecular weight is 895 g/mol. The van der Waals surface area contributed by atoms with Gasteiger partial charge in [-0.25, -0.2) is 0 Å². The monoisotopic (exact) mass is 895 g/mol. The number of hydrogen-bond acceptors (Lipinski definition) is 11. The third kappa shape index (κ3) is 18.9. The number of aliphatic hydroxyl groups is 1. The Bertz CT molecular complexity index is 1880. The van der Waals surface area contributed by atoms with Crippen molar-refractivity contribution in [1.82, 2.24) is 36.8 Å². The number of carbonyl (C=O) groups excluding carboxylic acids is 8. The van der Waals surface area contributed by atoms with Gasteiger partial charge in [0, 0.05) is 6.42 Å². The number of ether oxygens (including phenoxy) is 1. The number of aryl methyl sites for hydroxylation is 1. The van der Waals surface area contributed by atoms with E-state index in [1.165, 1.54) is 0 Å². The van der Waals surface area contributed by atoms with Gasteiger partial charge in [-0.15, -0.1) is 0 Å². The van der Waals surface area contributed by atoms with Gasteiger partial charge >= 0.3 is 0 Å². The number of hydrogen-bond donors (Lipinski definition) is 8. The van der Waals surface area contributed by atoms with E-state index in [1.54, 1.807) is 51.9 Å². The number of nitrogens with two attached hydrogens (primary N) is 1. The fraction of sp³-hybridized carbons (Fsp3) is 0.565. The number of Topliss-reactive ketones (excluding diaryl/α,β-unsaturated/α-hetero) is 1. The number of unbranched alkanes of at least 4 members (excludes halogenated alkanes) is 1. The molecule has 2 aromatic carbocycles. The molecule has 0 aliphatic carbocycles. The molecular formula is C46H70N8O10. The van der Waals surface area contributed by atoms with Crippen LogP contribution in [0.1, 0.15) is 83.9 Å². The first-order valence-electron chi connectivity index (χ1n) is 21.6. The molecule has 0 saturated carbocycles. The number of nitrogens with zero attached hydrogens (tertiary/aromatic N) is 1. The van der Waals surface area contributed by atoms with Gasteiger partial charge in [0.25, 0.3) is 5.91 Å². The van der Waals surface area contributed by atoms with Crippen LogP contribution in [0.3, 0.4) is 0 Å². The fourth-order valence-corrected chi connectivity index (χ4v) is 6.58. The van der Waals surface area contributed by atoms with E-state index in [0.29, 0.717) is 18.4 Å². The van der Waals surface area contributed by atoms with E-state index in [-0.39, 0.29) is 44.9 Å². The van der Waals surface area contributed by atoms with Crippen molar-refractivity contribution in [3.05, 3.63) is 71.3 Å². The van der Waals surface area contributed by atoms with Crippen LogP contribution in [0.4, 0.5) is 0 Å². The second-order valence-corrected chi connectivity index (χ2v) is 17.7. The Morgan fingerprint density at radius 2 is 1.27 bits per heavy atom. The molecular weight excluding hydrogens is 825 g/mol. The Kier molecular flexibility index (Phi) is 22.8. The summed E-state index contributed by atoms with van der Waals surface area (Å²) in [5, 5.41) is 25.9. The SMILES string of the molecule is CCCCC(NC(=O)[C@H](CC(C)C)NC(=O)[C@@H](NC(=O)[C@H](Cc1ccccc1C)NC(=O)[C@@H](COCc1ccccc1)NC(=O)[C@H](CO)NC(=O)CN(C)C)C(C)(C)C)C(=O)C(N)=O. The number of ketones is 1. The van der Waals surface area contributed by atoms with Gasteiger partial charge in [-0.3, -0.25) is 38.4 Å². The molecule has 9 N–H and O–H groups in total. The Morgan fingerprint density at radius 3 is 1.83 bits per heavy atom. The van der Waals surface area contributed by atoms with E-state index in [1.807, 2.05) is 70.2 Å².